The van der Waals surface area contributed by atoms with E-state index < -0.39 is 11.6 Å². The molecule has 0 bridgehead atoms. The minimum atomic E-state index is -0.655. The minimum Gasteiger partial charge on any atom is -0.308 e. The monoisotopic (exact) mass is 738 g/mol. The first-order valence-electron chi connectivity index (χ1n) is 18.7. The second-order valence-electron chi connectivity index (χ2n) is 14.0. The molecule has 0 radical (unpaired) electrons. The Kier molecular flexibility index (Phi) is 8.49. The summed E-state index contributed by atoms with van der Waals surface area (Å²) in [7, 11) is 0. The third kappa shape index (κ3) is 6.43. The van der Waals surface area contributed by atoms with Crippen LogP contribution >= 0.6 is 0 Å². The van der Waals surface area contributed by atoms with Gasteiger partial charge in [0.25, 0.3) is 0 Å². The molecule has 4 nitrogen and oxygen atoms in total. The standard InChI is InChI=1S/C51H32F2N4/c52-41-27-40(28-42(53)32-41)37-23-26-46(45(29-37)51-55-49(35-17-9-3-10-18-35)54-50(56-51)36-19-11-4-12-20-36)57-47-30-38(33-13-5-1-6-14-33)21-24-43(47)44-25-22-39(31-48(44)57)34-15-7-2-8-16-34/h1-32H. The van der Waals surface area contributed by atoms with Crippen LogP contribution in [0.1, 0.15) is 0 Å². The summed E-state index contributed by atoms with van der Waals surface area (Å²) in [6.07, 6.45) is 0. The van der Waals surface area contributed by atoms with Crippen LogP contribution in [0.4, 0.5) is 8.78 Å². The van der Waals surface area contributed by atoms with Crippen molar-refractivity contribution in [3.63, 3.8) is 0 Å². The van der Waals surface area contributed by atoms with Gasteiger partial charge in [0.1, 0.15) is 11.6 Å². The number of fused-ring (bicyclic) bond motifs is 3. The van der Waals surface area contributed by atoms with Crippen molar-refractivity contribution in [1.82, 2.24) is 19.5 Å². The van der Waals surface area contributed by atoms with Crippen molar-refractivity contribution in [1.29, 1.82) is 0 Å². The summed E-state index contributed by atoms with van der Waals surface area (Å²) in [4.78, 5) is 15.3. The van der Waals surface area contributed by atoms with Gasteiger partial charge in [-0.15, -0.1) is 0 Å². The number of hydrogen-bond donors (Lipinski definition) is 0. The lowest BCUT2D eigenvalue weighted by molar-refractivity contribution is 0.584. The molecule has 0 aliphatic carbocycles. The van der Waals surface area contributed by atoms with Crippen molar-refractivity contribution >= 4 is 21.8 Å². The van der Waals surface area contributed by atoms with E-state index in [9.17, 15) is 8.78 Å². The van der Waals surface area contributed by atoms with Crippen LogP contribution in [-0.2, 0) is 0 Å². The molecule has 0 saturated carbocycles. The largest absolute Gasteiger partial charge is 0.308 e. The third-order valence-electron chi connectivity index (χ3n) is 10.4. The lowest BCUT2D eigenvalue weighted by Gasteiger charge is -2.17. The smallest absolute Gasteiger partial charge is 0.166 e. The molecular weight excluding hydrogens is 707 g/mol. The van der Waals surface area contributed by atoms with Gasteiger partial charge in [-0.05, 0) is 69.8 Å². The van der Waals surface area contributed by atoms with Gasteiger partial charge >= 0.3 is 0 Å². The Balaban J connectivity index is 1.31. The van der Waals surface area contributed by atoms with Crippen molar-refractivity contribution in [2.75, 3.05) is 0 Å². The maximum atomic E-state index is 14.7. The highest BCUT2D eigenvalue weighted by Gasteiger charge is 2.22. The molecule has 0 aliphatic heterocycles. The fourth-order valence-corrected chi connectivity index (χ4v) is 7.64. The van der Waals surface area contributed by atoms with E-state index in [1.807, 2.05) is 115 Å². The van der Waals surface area contributed by atoms with Crippen LogP contribution in [0.3, 0.4) is 0 Å². The van der Waals surface area contributed by atoms with E-state index in [0.717, 1.165) is 66.9 Å². The molecule has 0 amide bonds. The zero-order valence-electron chi connectivity index (χ0n) is 30.5. The van der Waals surface area contributed by atoms with Crippen LogP contribution in [0.2, 0.25) is 0 Å². The topological polar surface area (TPSA) is 43.6 Å². The van der Waals surface area contributed by atoms with Gasteiger partial charge in [0, 0.05) is 33.5 Å². The van der Waals surface area contributed by atoms with Crippen LogP contribution in [0.5, 0.6) is 0 Å². The number of rotatable bonds is 7. The summed E-state index contributed by atoms with van der Waals surface area (Å²) in [6.45, 7) is 0. The maximum absolute atomic E-state index is 14.7. The average Bonchev–Trinajstić information content (AvgIpc) is 3.59. The van der Waals surface area contributed by atoms with Crippen molar-refractivity contribution in [2.45, 2.75) is 0 Å². The highest BCUT2D eigenvalue weighted by atomic mass is 19.1. The van der Waals surface area contributed by atoms with Crippen LogP contribution in [0, 0.1) is 11.6 Å². The molecule has 6 heteroatoms. The average molecular weight is 739 g/mol. The van der Waals surface area contributed by atoms with Crippen LogP contribution in [0.25, 0.3) is 95.0 Å². The maximum Gasteiger partial charge on any atom is 0.166 e. The molecule has 2 heterocycles. The molecule has 10 rings (SSSR count). The number of aromatic nitrogens is 4. The Bertz CT molecular complexity index is 2900. The molecule has 8 aromatic carbocycles. The lowest BCUT2D eigenvalue weighted by Crippen LogP contribution is -2.04. The summed E-state index contributed by atoms with van der Waals surface area (Å²) in [6, 6.07) is 62.9. The summed E-state index contributed by atoms with van der Waals surface area (Å²) >= 11 is 0. The summed E-state index contributed by atoms with van der Waals surface area (Å²) in [5.74, 6) is 0.126. The molecular formula is C51H32F2N4. The van der Waals surface area contributed by atoms with E-state index >= 15 is 0 Å². The van der Waals surface area contributed by atoms with Crippen LogP contribution in [0.15, 0.2) is 194 Å². The summed E-state index contributed by atoms with van der Waals surface area (Å²) in [5.41, 5.74) is 10.5. The zero-order valence-corrected chi connectivity index (χ0v) is 30.5. The number of halogens is 2. The molecule has 2 aromatic heterocycles. The SMILES string of the molecule is Fc1cc(F)cc(-c2ccc(-n3c4cc(-c5ccccc5)ccc4c4ccc(-c5ccccc5)cc43)c(-c3nc(-c4ccccc4)nc(-c4ccccc4)n3)c2)c1. The lowest BCUT2D eigenvalue weighted by atomic mass is 10.00. The van der Waals surface area contributed by atoms with Crippen molar-refractivity contribution in [2.24, 2.45) is 0 Å². The minimum absolute atomic E-state index is 0.404. The second kappa shape index (κ2) is 14.3. The Morgan fingerprint density at radius 1 is 0.316 bits per heavy atom. The van der Waals surface area contributed by atoms with E-state index in [4.69, 9.17) is 15.0 Å². The number of hydrogen-bond acceptors (Lipinski definition) is 3. The molecule has 0 spiro atoms. The first-order valence-corrected chi connectivity index (χ1v) is 18.7. The first-order chi connectivity index (χ1) is 28.1. The van der Waals surface area contributed by atoms with Gasteiger partial charge in [0.15, 0.2) is 17.5 Å². The normalized spacial score (nSPS) is 11.3. The van der Waals surface area contributed by atoms with Gasteiger partial charge in [-0.2, -0.15) is 0 Å². The highest BCUT2D eigenvalue weighted by molar-refractivity contribution is 6.11. The van der Waals surface area contributed by atoms with Crippen molar-refractivity contribution in [3.8, 4) is 73.2 Å². The molecule has 270 valence electrons. The molecule has 0 fully saturated rings. The van der Waals surface area contributed by atoms with Gasteiger partial charge in [-0.3, -0.25) is 0 Å². The van der Waals surface area contributed by atoms with Crippen LogP contribution < -0.4 is 0 Å². The summed E-state index contributed by atoms with van der Waals surface area (Å²) < 4.78 is 31.8. The van der Waals surface area contributed by atoms with E-state index in [1.54, 1.807) is 0 Å². The molecule has 10 aromatic rings. The van der Waals surface area contributed by atoms with Crippen LogP contribution in [-0.4, -0.2) is 19.5 Å². The van der Waals surface area contributed by atoms with Gasteiger partial charge in [0.05, 0.1) is 16.7 Å². The Labute approximate surface area is 328 Å². The van der Waals surface area contributed by atoms with Gasteiger partial charge in [-0.1, -0.05) is 152 Å². The number of nitrogens with zero attached hydrogens (tertiary/aromatic N) is 4. The molecule has 0 unspecified atom stereocenters. The Morgan fingerprint density at radius 3 is 1.19 bits per heavy atom. The van der Waals surface area contributed by atoms with Crippen molar-refractivity contribution in [3.05, 3.63) is 206 Å². The van der Waals surface area contributed by atoms with Gasteiger partial charge < -0.3 is 4.57 Å². The molecule has 0 aliphatic rings. The second-order valence-corrected chi connectivity index (χ2v) is 14.0. The zero-order chi connectivity index (χ0) is 38.3. The Morgan fingerprint density at radius 2 is 0.719 bits per heavy atom. The van der Waals surface area contributed by atoms with Gasteiger partial charge in [-0.25, -0.2) is 23.7 Å². The van der Waals surface area contributed by atoms with E-state index in [2.05, 4.69) is 65.2 Å². The molecule has 0 atom stereocenters. The van der Waals surface area contributed by atoms with Crippen molar-refractivity contribution < 1.29 is 8.78 Å². The summed E-state index contributed by atoms with van der Waals surface area (Å²) in [5, 5.41) is 2.16. The third-order valence-corrected chi connectivity index (χ3v) is 10.4. The number of benzene rings is 8. The van der Waals surface area contributed by atoms with E-state index in [0.29, 0.717) is 34.2 Å². The van der Waals surface area contributed by atoms with E-state index in [-0.39, 0.29) is 0 Å². The predicted octanol–water partition coefficient (Wildman–Crippen LogP) is 13.2. The quantitative estimate of drug-likeness (QED) is 0.164. The molecule has 0 saturated heterocycles. The fourth-order valence-electron chi connectivity index (χ4n) is 7.64. The fraction of sp³-hybridized carbons (Fsp3) is 0. The van der Waals surface area contributed by atoms with E-state index in [1.165, 1.54) is 12.1 Å². The Hall–Kier alpha value is -7.57. The van der Waals surface area contributed by atoms with Gasteiger partial charge in [0.2, 0.25) is 0 Å². The predicted molar refractivity (Wildman–Crippen MR) is 227 cm³/mol. The first kappa shape index (κ1) is 34.0. The molecule has 0 N–H and O–H groups in total. The highest BCUT2D eigenvalue weighted by Crippen LogP contribution is 2.41. The molecule has 57 heavy (non-hydrogen) atoms.